The smallest absolute Gasteiger partial charge is 0.254 e. The highest BCUT2D eigenvalue weighted by Crippen LogP contribution is 2.25. The second kappa shape index (κ2) is 6.49. The van der Waals surface area contributed by atoms with Gasteiger partial charge in [0.05, 0.1) is 25.5 Å². The second-order valence-corrected chi connectivity index (χ2v) is 6.83. The number of aromatic nitrogens is 2. The molecule has 2 aliphatic rings. The first-order valence-corrected chi connectivity index (χ1v) is 8.72. The maximum Gasteiger partial charge on any atom is 0.254 e. The molecular formula is C17H17BrN4O2. The van der Waals surface area contributed by atoms with Crippen LogP contribution in [0.3, 0.4) is 0 Å². The van der Waals surface area contributed by atoms with Crippen molar-refractivity contribution in [1.82, 2.24) is 14.9 Å². The van der Waals surface area contributed by atoms with Crippen LogP contribution in [0.15, 0.2) is 34.9 Å². The number of hydrogen-bond donors (Lipinski definition) is 0. The topological polar surface area (TPSA) is 58.6 Å². The molecule has 0 spiro atoms. The summed E-state index contributed by atoms with van der Waals surface area (Å²) >= 11 is 3.41. The van der Waals surface area contributed by atoms with E-state index >= 15 is 0 Å². The average Bonchev–Trinajstić information content (AvgIpc) is 3.05. The number of amides is 1. The number of anilines is 1. The van der Waals surface area contributed by atoms with Crippen molar-refractivity contribution >= 4 is 27.8 Å². The summed E-state index contributed by atoms with van der Waals surface area (Å²) in [6, 6.07) is 7.46. The molecular weight excluding hydrogens is 372 g/mol. The monoisotopic (exact) mass is 388 g/mol. The third-order valence-electron chi connectivity index (χ3n) is 4.30. The van der Waals surface area contributed by atoms with Crippen LogP contribution in [-0.4, -0.2) is 47.1 Å². The fourth-order valence-corrected chi connectivity index (χ4v) is 3.41. The molecule has 0 unspecified atom stereocenters. The van der Waals surface area contributed by atoms with Crippen molar-refractivity contribution in [3.63, 3.8) is 0 Å². The number of ether oxygens (including phenoxy) is 1. The summed E-state index contributed by atoms with van der Waals surface area (Å²) in [6.07, 6.45) is 1.85. The number of fused-ring (bicyclic) bond motifs is 1. The maximum atomic E-state index is 12.7. The Bertz CT molecular complexity index is 777. The van der Waals surface area contributed by atoms with Gasteiger partial charge in [-0.15, -0.1) is 0 Å². The van der Waals surface area contributed by atoms with Crippen LogP contribution in [0.25, 0.3) is 0 Å². The van der Waals surface area contributed by atoms with Gasteiger partial charge in [-0.2, -0.15) is 0 Å². The molecule has 0 bridgehead atoms. The lowest BCUT2D eigenvalue weighted by Crippen LogP contribution is -2.37. The Balaban J connectivity index is 1.52. The maximum absolute atomic E-state index is 12.7. The number of carbonyl (C=O) groups is 1. The Morgan fingerprint density at radius 2 is 2.04 bits per heavy atom. The summed E-state index contributed by atoms with van der Waals surface area (Å²) in [6.45, 7) is 4.10. The Labute approximate surface area is 148 Å². The first-order chi connectivity index (χ1) is 11.7. The molecule has 0 atom stereocenters. The van der Waals surface area contributed by atoms with Gasteiger partial charge in [-0.25, -0.2) is 9.97 Å². The summed E-state index contributed by atoms with van der Waals surface area (Å²) in [5.74, 6) is 0.746. The van der Waals surface area contributed by atoms with Crippen LogP contribution in [0, 0.1) is 0 Å². The Morgan fingerprint density at radius 3 is 2.83 bits per heavy atom. The van der Waals surface area contributed by atoms with E-state index in [1.54, 1.807) is 0 Å². The van der Waals surface area contributed by atoms with E-state index < -0.39 is 0 Å². The average molecular weight is 389 g/mol. The molecule has 2 aromatic rings. The van der Waals surface area contributed by atoms with Crippen LogP contribution < -0.4 is 4.90 Å². The quantitative estimate of drug-likeness (QED) is 0.789. The largest absolute Gasteiger partial charge is 0.378 e. The zero-order valence-electron chi connectivity index (χ0n) is 13.1. The van der Waals surface area contributed by atoms with Crippen molar-refractivity contribution in [2.45, 2.75) is 13.1 Å². The van der Waals surface area contributed by atoms with E-state index in [1.807, 2.05) is 35.4 Å². The van der Waals surface area contributed by atoms with Gasteiger partial charge in [-0.1, -0.05) is 22.0 Å². The lowest BCUT2D eigenvalue weighted by Gasteiger charge is -2.26. The zero-order valence-corrected chi connectivity index (χ0v) is 14.7. The van der Waals surface area contributed by atoms with Gasteiger partial charge < -0.3 is 14.5 Å². The Morgan fingerprint density at radius 1 is 1.21 bits per heavy atom. The molecule has 0 radical (unpaired) electrons. The zero-order chi connectivity index (χ0) is 16.5. The van der Waals surface area contributed by atoms with Gasteiger partial charge in [-0.3, -0.25) is 4.79 Å². The normalized spacial score (nSPS) is 17.0. The van der Waals surface area contributed by atoms with E-state index in [9.17, 15) is 4.79 Å². The molecule has 0 N–H and O–H groups in total. The molecule has 2 aliphatic heterocycles. The SMILES string of the molecule is O=C(c1cccc(Br)c1)N1Cc2cnc(N3CCOCC3)nc2C1. The molecule has 7 heteroatoms. The van der Waals surface area contributed by atoms with Crippen LogP contribution in [0.1, 0.15) is 21.6 Å². The summed E-state index contributed by atoms with van der Waals surface area (Å²) in [5.41, 5.74) is 2.64. The molecule has 24 heavy (non-hydrogen) atoms. The van der Waals surface area contributed by atoms with Gasteiger partial charge in [0.15, 0.2) is 0 Å². The van der Waals surface area contributed by atoms with Crippen molar-refractivity contribution in [1.29, 1.82) is 0 Å². The van der Waals surface area contributed by atoms with Gasteiger partial charge in [0.1, 0.15) is 0 Å². The van der Waals surface area contributed by atoms with Crippen LogP contribution >= 0.6 is 15.9 Å². The van der Waals surface area contributed by atoms with Crippen molar-refractivity contribution < 1.29 is 9.53 Å². The third kappa shape index (κ3) is 3.01. The fourth-order valence-electron chi connectivity index (χ4n) is 3.01. The number of carbonyl (C=O) groups excluding carboxylic acids is 1. The highest BCUT2D eigenvalue weighted by atomic mass is 79.9. The number of halogens is 1. The Hall–Kier alpha value is -1.99. The molecule has 1 amide bonds. The second-order valence-electron chi connectivity index (χ2n) is 5.91. The number of rotatable bonds is 2. The summed E-state index contributed by atoms with van der Waals surface area (Å²) in [4.78, 5) is 25.8. The van der Waals surface area contributed by atoms with Crippen LogP contribution in [0.2, 0.25) is 0 Å². The minimum atomic E-state index is 0.0159. The van der Waals surface area contributed by atoms with Crippen molar-refractivity contribution in [2.24, 2.45) is 0 Å². The predicted octanol–water partition coefficient (Wildman–Crippen LogP) is 2.23. The number of hydrogen-bond acceptors (Lipinski definition) is 5. The number of nitrogens with zero attached hydrogens (tertiary/aromatic N) is 4. The lowest BCUT2D eigenvalue weighted by atomic mass is 10.2. The Kier molecular flexibility index (Phi) is 4.20. The number of morpholine rings is 1. The van der Waals surface area contributed by atoms with E-state index in [0.717, 1.165) is 34.8 Å². The molecule has 4 rings (SSSR count). The first-order valence-electron chi connectivity index (χ1n) is 7.93. The van der Waals surface area contributed by atoms with Crippen molar-refractivity contribution in [3.8, 4) is 0 Å². The van der Waals surface area contributed by atoms with Crippen LogP contribution in [0.5, 0.6) is 0 Å². The van der Waals surface area contributed by atoms with Crippen molar-refractivity contribution in [3.05, 3.63) is 51.8 Å². The third-order valence-corrected chi connectivity index (χ3v) is 4.79. The van der Waals surface area contributed by atoms with E-state index in [1.165, 1.54) is 0 Å². The van der Waals surface area contributed by atoms with Gasteiger partial charge in [-0.05, 0) is 18.2 Å². The highest BCUT2D eigenvalue weighted by Gasteiger charge is 2.27. The van der Waals surface area contributed by atoms with Crippen LogP contribution in [-0.2, 0) is 17.8 Å². The summed E-state index contributed by atoms with van der Waals surface area (Å²) < 4.78 is 6.27. The van der Waals surface area contributed by atoms with Gasteiger partial charge in [0.25, 0.3) is 5.91 Å². The molecule has 6 nitrogen and oxygen atoms in total. The van der Waals surface area contributed by atoms with Crippen LogP contribution in [0.4, 0.5) is 5.95 Å². The minimum Gasteiger partial charge on any atom is -0.378 e. The van der Waals surface area contributed by atoms with E-state index in [-0.39, 0.29) is 5.91 Å². The molecule has 0 aliphatic carbocycles. The predicted molar refractivity (Wildman–Crippen MR) is 92.8 cm³/mol. The first kappa shape index (κ1) is 15.5. The minimum absolute atomic E-state index is 0.0159. The highest BCUT2D eigenvalue weighted by molar-refractivity contribution is 9.10. The molecule has 0 saturated carbocycles. The molecule has 1 aromatic carbocycles. The van der Waals surface area contributed by atoms with Gasteiger partial charge in [0.2, 0.25) is 5.95 Å². The van der Waals surface area contributed by atoms with Gasteiger partial charge >= 0.3 is 0 Å². The standard InChI is InChI=1S/C17H17BrN4O2/c18-14-3-1-2-12(8-14)16(23)22-10-13-9-19-17(20-15(13)11-22)21-4-6-24-7-5-21/h1-3,8-9H,4-7,10-11H2. The summed E-state index contributed by atoms with van der Waals surface area (Å²) in [5, 5.41) is 0. The molecule has 1 aromatic heterocycles. The van der Waals surface area contributed by atoms with Crippen molar-refractivity contribution in [2.75, 3.05) is 31.2 Å². The van der Waals surface area contributed by atoms with Gasteiger partial charge in [0, 0.05) is 41.4 Å². The number of benzene rings is 1. The molecule has 1 fully saturated rings. The molecule has 124 valence electrons. The lowest BCUT2D eigenvalue weighted by molar-refractivity contribution is 0.0750. The molecule has 3 heterocycles. The molecule has 1 saturated heterocycles. The summed E-state index contributed by atoms with van der Waals surface area (Å²) in [7, 11) is 0. The van der Waals surface area contributed by atoms with E-state index in [2.05, 4.69) is 30.8 Å². The van der Waals surface area contributed by atoms with E-state index in [0.29, 0.717) is 31.9 Å². The van der Waals surface area contributed by atoms with E-state index in [4.69, 9.17) is 4.74 Å². The fraction of sp³-hybridized carbons (Fsp3) is 0.353.